The Morgan fingerprint density at radius 1 is 1.12 bits per heavy atom. The molecule has 6 heteroatoms. The summed E-state index contributed by atoms with van der Waals surface area (Å²) < 4.78 is 36.6. The van der Waals surface area contributed by atoms with Gasteiger partial charge in [-0.3, -0.25) is 0 Å². The van der Waals surface area contributed by atoms with E-state index < -0.39 is 19.8 Å². The van der Waals surface area contributed by atoms with Crippen LogP contribution in [0.1, 0.15) is 5.56 Å². The molecule has 0 aliphatic heterocycles. The minimum Gasteiger partial charge on any atom is -1.00 e. The second-order valence-electron chi connectivity index (χ2n) is 4.24. The Morgan fingerprint density at radius 2 is 1.62 bits per heavy atom. The zero-order valence-electron chi connectivity index (χ0n) is 9.45. The number of alkyl halides is 3. The van der Waals surface area contributed by atoms with Crippen LogP contribution in [0.2, 0.25) is 19.6 Å². The topological polar surface area (TPSA) is 0 Å². The third-order valence-electron chi connectivity index (χ3n) is 1.98. The molecule has 86 valence electrons. The van der Waals surface area contributed by atoms with Crippen molar-refractivity contribution < 1.29 is 30.2 Å². The maximum atomic E-state index is 12.2. The van der Waals surface area contributed by atoms with Crippen LogP contribution in [0.5, 0.6) is 0 Å². The van der Waals surface area contributed by atoms with E-state index in [2.05, 4.69) is 25.7 Å². The van der Waals surface area contributed by atoms with Crippen molar-refractivity contribution in [2.24, 2.45) is 0 Å². The Balaban J connectivity index is 0. The predicted octanol–water partition coefficient (Wildman–Crippen LogP) is -0.326. The van der Waals surface area contributed by atoms with E-state index in [0.29, 0.717) is 0 Å². The summed E-state index contributed by atoms with van der Waals surface area (Å²) in [4.78, 5) is 0. The summed E-state index contributed by atoms with van der Waals surface area (Å²) >= 11 is 0. The second-order valence-corrected chi connectivity index (χ2v) is 9.32. The van der Waals surface area contributed by atoms with Gasteiger partial charge in [0.1, 0.15) is 0 Å². The molecule has 0 fully saturated rings. The Morgan fingerprint density at radius 3 is 1.88 bits per heavy atom. The zero-order valence-corrected chi connectivity index (χ0v) is 13.5. The Labute approximate surface area is 122 Å². The van der Waals surface area contributed by atoms with E-state index >= 15 is 0 Å². The SMILES string of the molecule is C[Si](C)(C)c1c[c-]c(C(F)(F)F)cc1.[Br-].[Mg+2]. The van der Waals surface area contributed by atoms with Gasteiger partial charge in [0, 0.05) is 8.07 Å². The van der Waals surface area contributed by atoms with Gasteiger partial charge >= 0.3 is 29.2 Å². The van der Waals surface area contributed by atoms with Gasteiger partial charge in [0.25, 0.3) is 0 Å². The van der Waals surface area contributed by atoms with Crippen molar-refractivity contribution in [3.05, 3.63) is 29.8 Å². The van der Waals surface area contributed by atoms with Gasteiger partial charge in [0.05, 0.1) is 0 Å². The van der Waals surface area contributed by atoms with Crippen LogP contribution in [0.15, 0.2) is 18.2 Å². The van der Waals surface area contributed by atoms with Crippen molar-refractivity contribution >= 4 is 36.3 Å². The third-order valence-corrected chi connectivity index (χ3v) is 4.03. The molecule has 1 rings (SSSR count). The standard InChI is InChI=1S/C10H12F3Si.BrH.Mg/c1-14(2,3)9-6-4-8(5-7-9)10(11,12)13;;/h4,6-7H,1-3H3;1H;/q-1;;+2/p-1. The normalized spacial score (nSPS) is 11.4. The average Bonchev–Trinajstić information content (AvgIpc) is 2.01. The molecule has 0 saturated heterocycles. The minimum atomic E-state index is -4.28. The van der Waals surface area contributed by atoms with Gasteiger partial charge in [-0.1, -0.05) is 25.2 Å². The number of rotatable bonds is 1. The van der Waals surface area contributed by atoms with Crippen molar-refractivity contribution in [1.82, 2.24) is 0 Å². The first kappa shape index (κ1) is 18.8. The quantitative estimate of drug-likeness (QED) is 0.491. The molecular weight excluding hydrogens is 309 g/mol. The third kappa shape index (κ3) is 5.20. The molecule has 0 nitrogen and oxygen atoms in total. The van der Waals surface area contributed by atoms with Gasteiger partial charge in [-0.2, -0.15) is 42.6 Å². The molecular formula is C10H12BrF3MgSi. The Hall–Kier alpha value is 0.473. The number of hydrogen-bond acceptors (Lipinski definition) is 0. The van der Waals surface area contributed by atoms with Crippen LogP contribution in [-0.2, 0) is 6.18 Å². The van der Waals surface area contributed by atoms with Gasteiger partial charge in [-0.15, -0.1) is 0 Å². The summed E-state index contributed by atoms with van der Waals surface area (Å²) in [5.74, 6) is 0. The van der Waals surface area contributed by atoms with E-state index in [1.165, 1.54) is 6.07 Å². The average molecular weight is 321 g/mol. The van der Waals surface area contributed by atoms with Crippen molar-refractivity contribution in [2.75, 3.05) is 0 Å². The van der Waals surface area contributed by atoms with E-state index in [1.807, 2.05) is 0 Å². The summed E-state index contributed by atoms with van der Waals surface area (Å²) in [6, 6.07) is 6.43. The summed E-state index contributed by atoms with van der Waals surface area (Å²) in [7, 11) is -1.51. The molecule has 0 aromatic heterocycles. The van der Waals surface area contributed by atoms with Crippen LogP contribution in [0, 0.1) is 6.07 Å². The molecule has 0 aliphatic carbocycles. The number of halogens is 4. The molecule has 0 unspecified atom stereocenters. The molecule has 0 heterocycles. The fourth-order valence-electron chi connectivity index (χ4n) is 1.07. The molecule has 1 aromatic rings. The maximum Gasteiger partial charge on any atom is 2.00 e. The molecule has 0 radical (unpaired) electrons. The van der Waals surface area contributed by atoms with Gasteiger partial charge < -0.3 is 17.0 Å². The van der Waals surface area contributed by atoms with Gasteiger partial charge in [0.2, 0.25) is 0 Å². The summed E-state index contributed by atoms with van der Waals surface area (Å²) in [5, 5.41) is 0.991. The Bertz CT molecular complexity index is 283. The molecule has 0 N–H and O–H groups in total. The summed E-state index contributed by atoms with van der Waals surface area (Å²) in [6.07, 6.45) is -4.28. The van der Waals surface area contributed by atoms with Crippen LogP contribution < -0.4 is 22.2 Å². The largest absolute Gasteiger partial charge is 2.00 e. The molecule has 0 amide bonds. The summed E-state index contributed by atoms with van der Waals surface area (Å²) in [6.45, 7) is 6.26. The van der Waals surface area contributed by atoms with E-state index in [9.17, 15) is 13.2 Å². The minimum absolute atomic E-state index is 0. The van der Waals surface area contributed by atoms with Crippen LogP contribution in [-0.4, -0.2) is 31.1 Å². The predicted molar refractivity (Wildman–Crippen MR) is 59.0 cm³/mol. The van der Waals surface area contributed by atoms with Crippen LogP contribution >= 0.6 is 0 Å². The van der Waals surface area contributed by atoms with Crippen LogP contribution in [0.3, 0.4) is 0 Å². The van der Waals surface area contributed by atoms with E-state index in [4.69, 9.17) is 0 Å². The van der Waals surface area contributed by atoms with Crippen molar-refractivity contribution in [3.8, 4) is 0 Å². The molecule has 0 spiro atoms. The molecule has 0 bridgehead atoms. The monoisotopic (exact) mass is 320 g/mol. The van der Waals surface area contributed by atoms with Gasteiger partial charge in [-0.05, 0) is 0 Å². The van der Waals surface area contributed by atoms with Crippen molar-refractivity contribution in [3.63, 3.8) is 0 Å². The van der Waals surface area contributed by atoms with Crippen LogP contribution in [0.25, 0.3) is 0 Å². The first-order valence-corrected chi connectivity index (χ1v) is 7.80. The van der Waals surface area contributed by atoms with Crippen molar-refractivity contribution in [2.45, 2.75) is 25.8 Å². The molecule has 0 saturated carbocycles. The molecule has 0 atom stereocenters. The van der Waals surface area contributed by atoms with E-state index in [-0.39, 0.29) is 40.0 Å². The number of benzene rings is 1. The fourth-order valence-corrected chi connectivity index (χ4v) is 2.16. The van der Waals surface area contributed by atoms with Gasteiger partial charge in [-0.25, -0.2) is 0 Å². The summed E-state index contributed by atoms with van der Waals surface area (Å²) in [5.41, 5.74) is -0.695. The molecule has 1 aromatic carbocycles. The smallest absolute Gasteiger partial charge is 1.00 e. The molecule has 16 heavy (non-hydrogen) atoms. The van der Waals surface area contributed by atoms with Gasteiger partial charge in [0.15, 0.2) is 0 Å². The van der Waals surface area contributed by atoms with E-state index in [1.54, 1.807) is 6.07 Å². The van der Waals surface area contributed by atoms with E-state index in [0.717, 1.165) is 11.3 Å². The van der Waals surface area contributed by atoms with Crippen molar-refractivity contribution in [1.29, 1.82) is 0 Å². The second kappa shape index (κ2) is 6.42. The number of hydrogen-bond donors (Lipinski definition) is 0. The first-order chi connectivity index (χ1) is 6.21. The molecule has 0 aliphatic rings. The Kier molecular flexibility index (Phi) is 7.55. The first-order valence-electron chi connectivity index (χ1n) is 4.30. The van der Waals surface area contributed by atoms with Crippen LogP contribution in [0.4, 0.5) is 13.2 Å². The fraction of sp³-hybridized carbons (Fsp3) is 0.400. The zero-order chi connectivity index (χ0) is 11.0. The maximum absolute atomic E-state index is 12.2.